The molecular weight excluding hydrogens is 388 g/mol. The summed E-state index contributed by atoms with van der Waals surface area (Å²) in [6, 6.07) is 10.7. The minimum absolute atomic E-state index is 0.0534. The fourth-order valence-electron chi connectivity index (χ4n) is 3.44. The molecule has 0 amide bonds. The van der Waals surface area contributed by atoms with Crippen LogP contribution >= 0.6 is 0 Å². The summed E-state index contributed by atoms with van der Waals surface area (Å²) < 4.78 is 33.4. The smallest absolute Gasteiger partial charge is 0.336 e. The van der Waals surface area contributed by atoms with E-state index in [0.717, 1.165) is 34.9 Å². The standard InChI is InChI=1S/C22H24N2O4S/c1-13-7-10-18-16(11-21(25)28-22(18)14(13)2)12-23-19-5-4-6-20(15(19)3)29(26,27)24-17-8-9-17/h4-7,10-11,17,23-24H,8-9,12H2,1-3H3. The van der Waals surface area contributed by atoms with Gasteiger partial charge in [0.05, 0.1) is 4.90 Å². The third-order valence-electron chi connectivity index (χ3n) is 5.46. The third-order valence-corrected chi connectivity index (χ3v) is 7.12. The second-order valence-corrected chi connectivity index (χ2v) is 9.34. The molecule has 1 saturated carbocycles. The molecule has 2 aromatic carbocycles. The van der Waals surface area contributed by atoms with Crippen LogP contribution in [0.3, 0.4) is 0 Å². The first kappa shape index (κ1) is 19.7. The minimum atomic E-state index is -3.54. The number of fused-ring (bicyclic) bond motifs is 1. The Morgan fingerprint density at radius 2 is 1.83 bits per heavy atom. The molecule has 0 unspecified atom stereocenters. The molecule has 0 aliphatic heterocycles. The summed E-state index contributed by atoms with van der Waals surface area (Å²) in [6.45, 7) is 6.08. The lowest BCUT2D eigenvalue weighted by molar-refractivity contribution is 0.556. The number of hydrogen-bond donors (Lipinski definition) is 2. The van der Waals surface area contributed by atoms with E-state index in [9.17, 15) is 13.2 Å². The molecule has 0 saturated heterocycles. The number of hydrogen-bond acceptors (Lipinski definition) is 5. The first-order valence-electron chi connectivity index (χ1n) is 9.65. The van der Waals surface area contributed by atoms with Crippen molar-refractivity contribution in [3.8, 4) is 0 Å². The van der Waals surface area contributed by atoms with Crippen molar-refractivity contribution in [3.05, 3.63) is 69.1 Å². The van der Waals surface area contributed by atoms with Gasteiger partial charge in [-0.25, -0.2) is 17.9 Å². The predicted octanol–water partition coefficient (Wildman–Crippen LogP) is 3.77. The molecule has 7 heteroatoms. The van der Waals surface area contributed by atoms with E-state index >= 15 is 0 Å². The average molecular weight is 413 g/mol. The highest BCUT2D eigenvalue weighted by atomic mass is 32.2. The van der Waals surface area contributed by atoms with Crippen LogP contribution in [0.1, 0.15) is 35.1 Å². The van der Waals surface area contributed by atoms with Crippen molar-refractivity contribution in [1.82, 2.24) is 4.72 Å². The van der Waals surface area contributed by atoms with Crippen molar-refractivity contribution in [2.75, 3.05) is 5.32 Å². The number of sulfonamides is 1. The van der Waals surface area contributed by atoms with E-state index in [-0.39, 0.29) is 10.9 Å². The lowest BCUT2D eigenvalue weighted by Gasteiger charge is -2.15. The molecule has 0 radical (unpaired) electrons. The fraction of sp³-hybridized carbons (Fsp3) is 0.318. The van der Waals surface area contributed by atoms with Gasteiger partial charge in [0.25, 0.3) is 0 Å². The van der Waals surface area contributed by atoms with Crippen LogP contribution in [0.2, 0.25) is 0 Å². The number of nitrogens with one attached hydrogen (secondary N) is 2. The highest BCUT2D eigenvalue weighted by Gasteiger charge is 2.29. The molecule has 152 valence electrons. The maximum Gasteiger partial charge on any atom is 0.336 e. The predicted molar refractivity (Wildman–Crippen MR) is 114 cm³/mol. The molecule has 1 fully saturated rings. The van der Waals surface area contributed by atoms with Crippen LogP contribution in [0.15, 0.2) is 50.5 Å². The summed E-state index contributed by atoms with van der Waals surface area (Å²) in [5.74, 6) is 0. The molecule has 3 aromatic rings. The van der Waals surface area contributed by atoms with E-state index in [2.05, 4.69) is 10.0 Å². The zero-order valence-corrected chi connectivity index (χ0v) is 17.5. The van der Waals surface area contributed by atoms with Gasteiger partial charge in [-0.2, -0.15) is 0 Å². The van der Waals surface area contributed by atoms with Gasteiger partial charge in [-0.1, -0.05) is 18.2 Å². The van der Waals surface area contributed by atoms with Gasteiger partial charge in [-0.3, -0.25) is 0 Å². The van der Waals surface area contributed by atoms with Crippen molar-refractivity contribution < 1.29 is 12.8 Å². The highest BCUT2D eigenvalue weighted by Crippen LogP contribution is 2.28. The largest absolute Gasteiger partial charge is 0.422 e. The van der Waals surface area contributed by atoms with Crippen LogP contribution in [-0.4, -0.2) is 14.5 Å². The molecule has 1 aromatic heterocycles. The van der Waals surface area contributed by atoms with Gasteiger partial charge in [0, 0.05) is 29.7 Å². The summed E-state index contributed by atoms with van der Waals surface area (Å²) in [4.78, 5) is 12.3. The summed E-state index contributed by atoms with van der Waals surface area (Å²) in [6.07, 6.45) is 1.78. The topological polar surface area (TPSA) is 88.4 Å². The van der Waals surface area contributed by atoms with Gasteiger partial charge in [0.15, 0.2) is 0 Å². The molecule has 0 spiro atoms. The number of rotatable bonds is 6. The Bertz CT molecular complexity index is 1260. The molecule has 4 rings (SSSR count). The lowest BCUT2D eigenvalue weighted by Crippen LogP contribution is -2.26. The Morgan fingerprint density at radius 3 is 2.55 bits per heavy atom. The highest BCUT2D eigenvalue weighted by molar-refractivity contribution is 7.89. The molecule has 29 heavy (non-hydrogen) atoms. The maximum atomic E-state index is 12.6. The van der Waals surface area contributed by atoms with E-state index in [4.69, 9.17) is 4.42 Å². The zero-order valence-electron chi connectivity index (χ0n) is 16.7. The third kappa shape index (κ3) is 3.93. The Balaban J connectivity index is 1.66. The summed E-state index contributed by atoms with van der Waals surface area (Å²) >= 11 is 0. The van der Waals surface area contributed by atoms with E-state index in [1.165, 1.54) is 6.07 Å². The van der Waals surface area contributed by atoms with Crippen LogP contribution < -0.4 is 15.7 Å². The van der Waals surface area contributed by atoms with E-state index < -0.39 is 15.6 Å². The Kier molecular flexibility index (Phi) is 4.96. The van der Waals surface area contributed by atoms with Crippen LogP contribution in [0.5, 0.6) is 0 Å². The molecular formula is C22H24N2O4S. The quantitative estimate of drug-likeness (QED) is 0.602. The number of aryl methyl sites for hydroxylation is 2. The van der Waals surface area contributed by atoms with Crippen molar-refractivity contribution in [1.29, 1.82) is 0 Å². The van der Waals surface area contributed by atoms with Gasteiger partial charge < -0.3 is 9.73 Å². The van der Waals surface area contributed by atoms with Crippen molar-refractivity contribution in [2.24, 2.45) is 0 Å². The molecule has 1 aliphatic carbocycles. The molecule has 6 nitrogen and oxygen atoms in total. The molecule has 0 atom stereocenters. The van der Waals surface area contributed by atoms with Crippen molar-refractivity contribution >= 4 is 26.7 Å². The van der Waals surface area contributed by atoms with Crippen LogP contribution in [0.25, 0.3) is 11.0 Å². The van der Waals surface area contributed by atoms with E-state index in [1.54, 1.807) is 19.1 Å². The van der Waals surface area contributed by atoms with Gasteiger partial charge in [0.2, 0.25) is 10.0 Å². The summed E-state index contributed by atoms with van der Waals surface area (Å²) in [5, 5.41) is 4.16. The molecule has 1 heterocycles. The van der Waals surface area contributed by atoms with Gasteiger partial charge in [0.1, 0.15) is 5.58 Å². The molecule has 0 bridgehead atoms. The van der Waals surface area contributed by atoms with Crippen LogP contribution in [-0.2, 0) is 16.6 Å². The molecule has 1 aliphatic rings. The van der Waals surface area contributed by atoms with Gasteiger partial charge in [-0.15, -0.1) is 0 Å². The second kappa shape index (κ2) is 7.31. The molecule has 2 N–H and O–H groups in total. The van der Waals surface area contributed by atoms with Crippen LogP contribution in [0.4, 0.5) is 5.69 Å². The summed E-state index contributed by atoms with van der Waals surface area (Å²) in [5.41, 5.74) is 4.37. The van der Waals surface area contributed by atoms with Gasteiger partial charge >= 0.3 is 5.63 Å². The Labute approximate surface area is 170 Å². The first-order chi connectivity index (χ1) is 13.8. The van der Waals surface area contributed by atoms with E-state index in [1.807, 2.05) is 32.0 Å². The normalized spacial score (nSPS) is 14.3. The number of anilines is 1. The Hall–Kier alpha value is -2.64. The van der Waals surface area contributed by atoms with Crippen LogP contribution in [0, 0.1) is 20.8 Å². The maximum absolute atomic E-state index is 12.6. The minimum Gasteiger partial charge on any atom is -0.422 e. The fourth-order valence-corrected chi connectivity index (χ4v) is 5.01. The second-order valence-electron chi connectivity index (χ2n) is 7.65. The Morgan fingerprint density at radius 1 is 1.07 bits per heavy atom. The SMILES string of the molecule is Cc1ccc2c(CNc3cccc(S(=O)(=O)NC4CC4)c3C)cc(=O)oc2c1C. The first-order valence-corrected chi connectivity index (χ1v) is 11.1. The monoisotopic (exact) mass is 412 g/mol. The summed E-state index contributed by atoms with van der Waals surface area (Å²) in [7, 11) is -3.54. The van der Waals surface area contributed by atoms with E-state index in [0.29, 0.717) is 23.4 Å². The number of benzene rings is 2. The zero-order chi connectivity index (χ0) is 20.8. The van der Waals surface area contributed by atoms with Crippen molar-refractivity contribution in [3.63, 3.8) is 0 Å². The van der Waals surface area contributed by atoms with Gasteiger partial charge in [-0.05, 0) is 68.0 Å². The van der Waals surface area contributed by atoms with Crippen molar-refractivity contribution in [2.45, 2.75) is 51.1 Å². The average Bonchev–Trinajstić information content (AvgIpc) is 3.47. The lowest BCUT2D eigenvalue weighted by atomic mass is 10.0.